The first-order chi connectivity index (χ1) is 8.08. The van der Waals surface area contributed by atoms with E-state index in [1.807, 2.05) is 18.7 Å². The Kier molecular flexibility index (Phi) is 3.55. The van der Waals surface area contributed by atoms with Crippen LogP contribution in [0.2, 0.25) is 0 Å². The first kappa shape index (κ1) is 12.6. The van der Waals surface area contributed by atoms with Crippen LogP contribution >= 0.6 is 15.9 Å². The van der Waals surface area contributed by atoms with Crippen LogP contribution in [0.4, 0.5) is 0 Å². The molecule has 17 heavy (non-hydrogen) atoms. The van der Waals surface area contributed by atoms with Gasteiger partial charge in [-0.2, -0.15) is 10.4 Å². The maximum absolute atomic E-state index is 9.42. The second-order valence-corrected chi connectivity index (χ2v) is 5.49. The fourth-order valence-corrected chi connectivity index (χ4v) is 2.79. The molecule has 4 nitrogen and oxygen atoms in total. The molecule has 1 aliphatic heterocycles. The summed E-state index contributed by atoms with van der Waals surface area (Å²) in [6, 6.07) is 2.44. The van der Waals surface area contributed by atoms with Gasteiger partial charge in [-0.05, 0) is 35.7 Å². The van der Waals surface area contributed by atoms with E-state index in [0.29, 0.717) is 13.0 Å². The molecule has 1 saturated heterocycles. The lowest BCUT2D eigenvalue weighted by Crippen LogP contribution is -2.33. The summed E-state index contributed by atoms with van der Waals surface area (Å²) >= 11 is 3.55. The van der Waals surface area contributed by atoms with Crippen molar-refractivity contribution in [3.05, 3.63) is 15.9 Å². The van der Waals surface area contributed by atoms with Crippen LogP contribution in [0.1, 0.15) is 24.2 Å². The fraction of sp³-hybridized carbons (Fsp3) is 0.667. The highest BCUT2D eigenvalue weighted by Gasteiger charge is 2.35. The largest absolute Gasteiger partial charge is 0.380 e. The maximum atomic E-state index is 9.42. The van der Waals surface area contributed by atoms with E-state index in [-0.39, 0.29) is 5.41 Å². The summed E-state index contributed by atoms with van der Waals surface area (Å²) in [5, 5.41) is 13.8. The minimum Gasteiger partial charge on any atom is -0.380 e. The van der Waals surface area contributed by atoms with E-state index < -0.39 is 0 Å². The number of nitriles is 1. The normalized spacial score (nSPS) is 24.6. The number of hydrogen-bond donors (Lipinski definition) is 0. The van der Waals surface area contributed by atoms with Crippen LogP contribution in [-0.2, 0) is 18.2 Å². The van der Waals surface area contributed by atoms with E-state index in [1.54, 1.807) is 0 Å². The molecule has 5 heteroatoms. The molecule has 1 fully saturated rings. The highest BCUT2D eigenvalue weighted by atomic mass is 79.9. The van der Waals surface area contributed by atoms with Crippen molar-refractivity contribution in [2.24, 2.45) is 12.5 Å². The van der Waals surface area contributed by atoms with Gasteiger partial charge in [0, 0.05) is 20.1 Å². The molecule has 0 saturated carbocycles. The molecule has 2 rings (SSSR count). The number of aryl methyl sites for hydroxylation is 2. The monoisotopic (exact) mass is 297 g/mol. The van der Waals surface area contributed by atoms with Crippen molar-refractivity contribution in [3.63, 3.8) is 0 Å². The number of hydrogen-bond acceptors (Lipinski definition) is 3. The lowest BCUT2D eigenvalue weighted by molar-refractivity contribution is 0.0215. The Bertz CT molecular complexity index is 455. The summed E-state index contributed by atoms with van der Waals surface area (Å²) < 4.78 is 8.34. The summed E-state index contributed by atoms with van der Waals surface area (Å²) in [7, 11) is 1.92. The SMILES string of the molecule is Cc1nn(C)c(CC2(C#N)CCCOC2)c1Br. The minimum absolute atomic E-state index is 0.388. The molecule has 0 aromatic carbocycles. The average Bonchev–Trinajstić information content (AvgIpc) is 2.57. The molecular weight excluding hydrogens is 282 g/mol. The molecule has 1 aliphatic rings. The number of ether oxygens (including phenoxy) is 1. The predicted octanol–water partition coefficient (Wildman–Crippen LogP) is 2.35. The smallest absolute Gasteiger partial charge is 0.0863 e. The average molecular weight is 298 g/mol. The first-order valence-electron chi connectivity index (χ1n) is 5.75. The highest BCUT2D eigenvalue weighted by molar-refractivity contribution is 9.10. The Balaban J connectivity index is 2.27. The molecule has 92 valence electrons. The van der Waals surface area contributed by atoms with Crippen molar-refractivity contribution in [2.45, 2.75) is 26.2 Å². The van der Waals surface area contributed by atoms with E-state index in [4.69, 9.17) is 4.74 Å². The zero-order valence-corrected chi connectivity index (χ0v) is 11.7. The number of rotatable bonds is 2. The first-order valence-corrected chi connectivity index (χ1v) is 6.54. The molecule has 0 spiro atoms. The number of aromatic nitrogens is 2. The summed E-state index contributed by atoms with van der Waals surface area (Å²) in [5.74, 6) is 0. The van der Waals surface area contributed by atoms with Gasteiger partial charge in [-0.15, -0.1) is 0 Å². The van der Waals surface area contributed by atoms with Crippen LogP contribution in [0, 0.1) is 23.7 Å². The molecule has 0 amide bonds. The lowest BCUT2D eigenvalue weighted by Gasteiger charge is -2.30. The van der Waals surface area contributed by atoms with Gasteiger partial charge >= 0.3 is 0 Å². The zero-order valence-electron chi connectivity index (χ0n) is 10.2. The molecular formula is C12H16BrN3O. The van der Waals surface area contributed by atoms with E-state index in [9.17, 15) is 5.26 Å². The summed E-state index contributed by atoms with van der Waals surface area (Å²) in [6.45, 7) is 3.26. The third-order valence-electron chi connectivity index (χ3n) is 3.33. The van der Waals surface area contributed by atoms with Crippen LogP contribution in [0.3, 0.4) is 0 Å². The van der Waals surface area contributed by atoms with E-state index >= 15 is 0 Å². The van der Waals surface area contributed by atoms with Gasteiger partial charge in [0.2, 0.25) is 0 Å². The third-order valence-corrected chi connectivity index (χ3v) is 4.36. The van der Waals surface area contributed by atoms with Gasteiger partial charge in [-0.25, -0.2) is 0 Å². The van der Waals surface area contributed by atoms with Gasteiger partial charge in [0.25, 0.3) is 0 Å². The van der Waals surface area contributed by atoms with Gasteiger partial charge < -0.3 is 4.74 Å². The van der Waals surface area contributed by atoms with Crippen molar-refractivity contribution in [1.29, 1.82) is 5.26 Å². The third kappa shape index (κ3) is 2.38. The van der Waals surface area contributed by atoms with Gasteiger partial charge in [-0.3, -0.25) is 4.68 Å². The van der Waals surface area contributed by atoms with Crippen LogP contribution in [0.25, 0.3) is 0 Å². The highest BCUT2D eigenvalue weighted by Crippen LogP contribution is 2.34. The van der Waals surface area contributed by atoms with Gasteiger partial charge in [0.05, 0.1) is 34.0 Å². The fourth-order valence-electron chi connectivity index (χ4n) is 2.31. The second-order valence-electron chi connectivity index (χ2n) is 4.69. The second kappa shape index (κ2) is 4.79. The quantitative estimate of drug-likeness (QED) is 0.842. The van der Waals surface area contributed by atoms with Crippen LogP contribution < -0.4 is 0 Å². The Morgan fingerprint density at radius 1 is 1.65 bits per heavy atom. The number of nitrogens with zero attached hydrogens (tertiary/aromatic N) is 3. The van der Waals surface area contributed by atoms with Crippen LogP contribution in [0.5, 0.6) is 0 Å². The Labute approximate surface area is 110 Å². The minimum atomic E-state index is -0.388. The zero-order chi connectivity index (χ0) is 12.5. The molecule has 0 bridgehead atoms. The molecule has 1 atom stereocenters. The topological polar surface area (TPSA) is 50.8 Å². The van der Waals surface area contributed by atoms with Crippen LogP contribution in [0.15, 0.2) is 4.47 Å². The van der Waals surface area contributed by atoms with Crippen molar-refractivity contribution < 1.29 is 4.74 Å². The van der Waals surface area contributed by atoms with Gasteiger partial charge in [0.15, 0.2) is 0 Å². The molecule has 0 N–H and O–H groups in total. The predicted molar refractivity (Wildman–Crippen MR) is 67.4 cm³/mol. The summed E-state index contributed by atoms with van der Waals surface area (Å²) in [6.07, 6.45) is 2.56. The molecule has 1 aromatic rings. The standard InChI is InChI=1S/C12H16BrN3O/c1-9-11(13)10(16(2)15-9)6-12(7-14)4-3-5-17-8-12/h3-6,8H2,1-2H3. The molecule has 2 heterocycles. The Hall–Kier alpha value is -0.860. The summed E-state index contributed by atoms with van der Waals surface area (Å²) in [5.41, 5.74) is 1.66. The van der Waals surface area contributed by atoms with Gasteiger partial charge in [-0.1, -0.05) is 0 Å². The van der Waals surface area contributed by atoms with Gasteiger partial charge in [0.1, 0.15) is 0 Å². The van der Waals surface area contributed by atoms with Crippen LogP contribution in [-0.4, -0.2) is 23.0 Å². The Morgan fingerprint density at radius 3 is 2.88 bits per heavy atom. The maximum Gasteiger partial charge on any atom is 0.0863 e. The lowest BCUT2D eigenvalue weighted by atomic mass is 9.80. The molecule has 0 aliphatic carbocycles. The summed E-state index contributed by atoms with van der Waals surface area (Å²) in [4.78, 5) is 0. The van der Waals surface area contributed by atoms with Crippen molar-refractivity contribution in [1.82, 2.24) is 9.78 Å². The van der Waals surface area contributed by atoms with E-state index in [2.05, 4.69) is 27.1 Å². The molecule has 0 radical (unpaired) electrons. The van der Waals surface area contributed by atoms with Crippen molar-refractivity contribution in [2.75, 3.05) is 13.2 Å². The van der Waals surface area contributed by atoms with Crippen molar-refractivity contribution in [3.8, 4) is 6.07 Å². The van der Waals surface area contributed by atoms with E-state index in [1.165, 1.54) is 0 Å². The molecule has 1 aromatic heterocycles. The van der Waals surface area contributed by atoms with E-state index in [0.717, 1.165) is 35.3 Å². The number of halogens is 1. The molecule has 1 unspecified atom stereocenters. The Morgan fingerprint density at radius 2 is 2.41 bits per heavy atom. The van der Waals surface area contributed by atoms with Crippen molar-refractivity contribution >= 4 is 15.9 Å².